The van der Waals surface area contributed by atoms with Crippen molar-refractivity contribution in [1.82, 2.24) is 0 Å². The molecule has 1 heterocycles. The van der Waals surface area contributed by atoms with Crippen molar-refractivity contribution in [3.05, 3.63) is 24.3 Å². The van der Waals surface area contributed by atoms with Gasteiger partial charge in [-0.15, -0.1) is 12.4 Å². The minimum absolute atomic E-state index is 0. The molecule has 0 aromatic heterocycles. The summed E-state index contributed by atoms with van der Waals surface area (Å²) in [5.41, 5.74) is 0. The van der Waals surface area contributed by atoms with Gasteiger partial charge in [-0.25, -0.2) is 4.79 Å². The van der Waals surface area contributed by atoms with E-state index in [1.807, 2.05) is 12.1 Å². The van der Waals surface area contributed by atoms with Gasteiger partial charge in [-0.1, -0.05) is 12.1 Å². The minimum Gasteiger partial charge on any atom is -0.485 e. The lowest BCUT2D eigenvalue weighted by Crippen LogP contribution is -2.37. The Balaban J connectivity index is 0.00000112. The number of hydrogen-bond donors (Lipinski definition) is 0. The van der Waals surface area contributed by atoms with Crippen LogP contribution in [0.5, 0.6) is 11.5 Å². The van der Waals surface area contributed by atoms with Crippen LogP contribution in [0.4, 0.5) is 0 Å². The lowest BCUT2D eigenvalue weighted by molar-refractivity contribution is -0.151. The van der Waals surface area contributed by atoms with Crippen LogP contribution in [0.1, 0.15) is 0 Å². The van der Waals surface area contributed by atoms with Crippen molar-refractivity contribution in [3.8, 4) is 11.5 Å². The van der Waals surface area contributed by atoms with Gasteiger partial charge in [0.25, 0.3) is 0 Å². The van der Waals surface area contributed by atoms with E-state index >= 15 is 0 Å². The molecule has 2 rings (SSSR count). The average molecular weight is 231 g/mol. The molecule has 15 heavy (non-hydrogen) atoms. The van der Waals surface area contributed by atoms with Crippen molar-refractivity contribution in [2.24, 2.45) is 0 Å². The largest absolute Gasteiger partial charge is 0.485 e. The van der Waals surface area contributed by atoms with Crippen LogP contribution >= 0.6 is 12.4 Å². The maximum absolute atomic E-state index is 11.1. The molecule has 0 saturated heterocycles. The molecule has 0 amide bonds. The third-order valence-electron chi connectivity index (χ3n) is 1.97. The Morgan fingerprint density at radius 2 is 2.07 bits per heavy atom. The summed E-state index contributed by atoms with van der Waals surface area (Å²) in [5.74, 6) is 0.821. The van der Waals surface area contributed by atoms with Crippen molar-refractivity contribution in [2.75, 3.05) is 13.7 Å². The van der Waals surface area contributed by atoms with Crippen LogP contribution < -0.4 is 9.47 Å². The molecule has 0 spiro atoms. The number of para-hydroxylation sites is 2. The first-order valence-electron chi connectivity index (χ1n) is 4.27. The van der Waals surface area contributed by atoms with Crippen molar-refractivity contribution in [3.63, 3.8) is 0 Å². The molecule has 1 aliphatic rings. The van der Waals surface area contributed by atoms with E-state index in [-0.39, 0.29) is 19.0 Å². The van der Waals surface area contributed by atoms with E-state index in [0.29, 0.717) is 11.5 Å². The third kappa shape index (κ3) is 2.33. The quantitative estimate of drug-likeness (QED) is 0.685. The van der Waals surface area contributed by atoms with E-state index in [9.17, 15) is 4.79 Å². The van der Waals surface area contributed by atoms with E-state index < -0.39 is 12.1 Å². The number of benzene rings is 1. The Morgan fingerprint density at radius 1 is 1.40 bits per heavy atom. The van der Waals surface area contributed by atoms with Crippen LogP contribution in [-0.4, -0.2) is 25.8 Å². The van der Waals surface area contributed by atoms with E-state index in [4.69, 9.17) is 9.47 Å². The summed E-state index contributed by atoms with van der Waals surface area (Å²) in [6, 6.07) is 7.22. The molecule has 1 aromatic rings. The SMILES string of the molecule is COC(=O)C1COc2ccccc2O1.Cl. The van der Waals surface area contributed by atoms with Gasteiger partial charge in [0, 0.05) is 0 Å². The molecule has 1 unspecified atom stereocenters. The standard InChI is InChI=1S/C10H10O4.ClH/c1-12-10(11)9-6-13-7-4-2-3-5-8(7)14-9;/h2-5,9H,6H2,1H3;1H. The Bertz CT molecular complexity index is 353. The number of carbonyl (C=O) groups is 1. The van der Waals surface area contributed by atoms with Gasteiger partial charge in [0.05, 0.1) is 7.11 Å². The molecule has 0 saturated carbocycles. The summed E-state index contributed by atoms with van der Waals surface area (Å²) in [7, 11) is 1.33. The van der Waals surface area contributed by atoms with E-state index in [1.54, 1.807) is 12.1 Å². The van der Waals surface area contributed by atoms with Crippen LogP contribution in [0, 0.1) is 0 Å². The Morgan fingerprint density at radius 3 is 2.73 bits per heavy atom. The number of esters is 1. The molecule has 5 heteroatoms. The number of methoxy groups -OCH3 is 1. The summed E-state index contributed by atoms with van der Waals surface area (Å²) >= 11 is 0. The van der Waals surface area contributed by atoms with Crippen molar-refractivity contribution in [1.29, 1.82) is 0 Å². The molecular weight excluding hydrogens is 220 g/mol. The molecule has 0 aliphatic carbocycles. The van der Waals surface area contributed by atoms with Crippen LogP contribution in [0.15, 0.2) is 24.3 Å². The van der Waals surface area contributed by atoms with Gasteiger partial charge >= 0.3 is 5.97 Å². The van der Waals surface area contributed by atoms with Gasteiger partial charge in [-0.05, 0) is 12.1 Å². The second-order valence-electron chi connectivity index (χ2n) is 2.89. The Hall–Kier alpha value is -1.42. The van der Waals surface area contributed by atoms with Crippen LogP contribution in [0.25, 0.3) is 0 Å². The van der Waals surface area contributed by atoms with Gasteiger partial charge in [0.1, 0.15) is 6.61 Å². The minimum atomic E-state index is -0.658. The number of carbonyl (C=O) groups excluding carboxylic acids is 1. The highest BCUT2D eigenvalue weighted by molar-refractivity contribution is 5.85. The highest BCUT2D eigenvalue weighted by Crippen LogP contribution is 2.30. The summed E-state index contributed by atoms with van der Waals surface area (Å²) < 4.78 is 15.3. The predicted molar refractivity (Wildman–Crippen MR) is 55.6 cm³/mol. The number of hydrogen-bond acceptors (Lipinski definition) is 4. The molecule has 4 nitrogen and oxygen atoms in total. The van der Waals surface area contributed by atoms with Gasteiger partial charge in [0.2, 0.25) is 6.10 Å². The fraction of sp³-hybridized carbons (Fsp3) is 0.300. The van der Waals surface area contributed by atoms with Gasteiger partial charge < -0.3 is 14.2 Å². The lowest BCUT2D eigenvalue weighted by Gasteiger charge is -2.24. The molecule has 0 fully saturated rings. The summed E-state index contributed by atoms with van der Waals surface area (Å²) in [5, 5.41) is 0. The van der Waals surface area contributed by atoms with Gasteiger partial charge in [-0.2, -0.15) is 0 Å². The number of halogens is 1. The summed E-state index contributed by atoms with van der Waals surface area (Å²) in [4.78, 5) is 11.1. The normalized spacial score (nSPS) is 17.5. The molecule has 0 radical (unpaired) electrons. The molecule has 0 N–H and O–H groups in total. The summed E-state index contributed by atoms with van der Waals surface area (Å²) in [6.07, 6.45) is -0.658. The highest BCUT2D eigenvalue weighted by atomic mass is 35.5. The van der Waals surface area contributed by atoms with Crippen molar-refractivity contribution < 1.29 is 19.0 Å². The number of fused-ring (bicyclic) bond motifs is 1. The lowest BCUT2D eigenvalue weighted by atomic mass is 10.2. The second kappa shape index (κ2) is 4.89. The zero-order chi connectivity index (χ0) is 9.97. The highest BCUT2D eigenvalue weighted by Gasteiger charge is 2.27. The predicted octanol–water partition coefficient (Wildman–Crippen LogP) is 1.42. The average Bonchev–Trinajstić information content (AvgIpc) is 2.27. The van der Waals surface area contributed by atoms with Crippen LogP contribution in [0.3, 0.4) is 0 Å². The Kier molecular flexibility index (Phi) is 3.80. The van der Waals surface area contributed by atoms with E-state index in [1.165, 1.54) is 7.11 Å². The zero-order valence-electron chi connectivity index (χ0n) is 8.14. The second-order valence-corrected chi connectivity index (χ2v) is 2.89. The smallest absolute Gasteiger partial charge is 0.350 e. The number of ether oxygens (including phenoxy) is 3. The Labute approximate surface area is 93.5 Å². The maximum atomic E-state index is 11.1. The monoisotopic (exact) mass is 230 g/mol. The molecular formula is C10H11ClO4. The molecule has 1 aliphatic heterocycles. The first-order chi connectivity index (χ1) is 6.81. The summed E-state index contributed by atoms with van der Waals surface area (Å²) in [6.45, 7) is 0.198. The van der Waals surface area contributed by atoms with Gasteiger partial charge in [0.15, 0.2) is 11.5 Å². The topological polar surface area (TPSA) is 44.8 Å². The molecule has 0 bridgehead atoms. The molecule has 1 atom stereocenters. The van der Waals surface area contributed by atoms with E-state index in [2.05, 4.69) is 4.74 Å². The maximum Gasteiger partial charge on any atom is 0.350 e. The number of rotatable bonds is 1. The van der Waals surface area contributed by atoms with Crippen molar-refractivity contribution in [2.45, 2.75) is 6.10 Å². The van der Waals surface area contributed by atoms with E-state index in [0.717, 1.165) is 0 Å². The molecule has 1 aromatic carbocycles. The van der Waals surface area contributed by atoms with Gasteiger partial charge in [-0.3, -0.25) is 0 Å². The van der Waals surface area contributed by atoms with Crippen molar-refractivity contribution >= 4 is 18.4 Å². The third-order valence-corrected chi connectivity index (χ3v) is 1.97. The fourth-order valence-corrected chi connectivity index (χ4v) is 1.27. The zero-order valence-corrected chi connectivity index (χ0v) is 8.95. The first-order valence-corrected chi connectivity index (χ1v) is 4.27. The first kappa shape index (κ1) is 11.7. The molecule has 82 valence electrons. The van der Waals surface area contributed by atoms with Crippen LogP contribution in [-0.2, 0) is 9.53 Å². The van der Waals surface area contributed by atoms with Crippen LogP contribution in [0.2, 0.25) is 0 Å². The fourth-order valence-electron chi connectivity index (χ4n) is 1.27.